The van der Waals surface area contributed by atoms with Gasteiger partial charge in [-0.25, -0.2) is 8.42 Å². The summed E-state index contributed by atoms with van der Waals surface area (Å²) in [6.07, 6.45) is 0. The molecule has 32 heavy (non-hydrogen) atoms. The van der Waals surface area contributed by atoms with E-state index in [-0.39, 0.29) is 18.0 Å². The molecule has 0 aliphatic carbocycles. The molecule has 0 heterocycles. The lowest BCUT2D eigenvalue weighted by atomic mass is 10.2. The molecule has 0 saturated heterocycles. The summed E-state index contributed by atoms with van der Waals surface area (Å²) < 4.78 is 38.4. The number of rotatable bonds is 9. The van der Waals surface area contributed by atoms with E-state index < -0.39 is 15.9 Å². The van der Waals surface area contributed by atoms with E-state index in [0.29, 0.717) is 28.5 Å². The van der Waals surface area contributed by atoms with E-state index in [2.05, 4.69) is 5.32 Å². The Morgan fingerprint density at radius 2 is 1.66 bits per heavy atom. The molecule has 3 aromatic carbocycles. The van der Waals surface area contributed by atoms with Crippen LogP contribution in [0.25, 0.3) is 0 Å². The zero-order chi connectivity index (χ0) is 23.1. The largest absolute Gasteiger partial charge is 0.496 e. The minimum Gasteiger partial charge on any atom is -0.496 e. The third-order valence-corrected chi connectivity index (χ3v) is 6.73. The normalized spacial score (nSPS) is 11.2. The first-order valence-corrected chi connectivity index (χ1v) is 11.6. The molecule has 168 valence electrons. The second-order valence-electron chi connectivity index (χ2n) is 7.02. The van der Waals surface area contributed by atoms with Gasteiger partial charge in [-0.3, -0.25) is 4.79 Å². The summed E-state index contributed by atoms with van der Waals surface area (Å²) in [7, 11) is -2.33. The quantitative estimate of drug-likeness (QED) is 0.517. The van der Waals surface area contributed by atoms with Crippen molar-refractivity contribution >= 4 is 21.6 Å². The summed E-state index contributed by atoms with van der Waals surface area (Å²) in [6, 6.07) is 20.8. The Labute approximate surface area is 188 Å². The van der Waals surface area contributed by atoms with Crippen LogP contribution in [0.4, 0.5) is 5.69 Å². The average molecular weight is 455 g/mol. The van der Waals surface area contributed by atoms with Crippen molar-refractivity contribution in [2.45, 2.75) is 18.7 Å². The van der Waals surface area contributed by atoms with E-state index in [1.807, 2.05) is 18.2 Å². The van der Waals surface area contributed by atoms with Crippen LogP contribution in [-0.2, 0) is 14.8 Å². The number of carbonyl (C=O) groups excluding carboxylic acids is 1. The van der Waals surface area contributed by atoms with Crippen molar-refractivity contribution in [2.75, 3.05) is 25.5 Å². The molecular weight excluding hydrogens is 428 g/mol. The van der Waals surface area contributed by atoms with E-state index in [4.69, 9.17) is 9.47 Å². The van der Waals surface area contributed by atoms with Gasteiger partial charge in [0.15, 0.2) is 5.75 Å². The van der Waals surface area contributed by atoms with Crippen molar-refractivity contribution in [3.8, 4) is 17.2 Å². The molecular formula is C24H26N2O5S. The van der Waals surface area contributed by atoms with Gasteiger partial charge in [0.05, 0.1) is 24.2 Å². The van der Waals surface area contributed by atoms with Gasteiger partial charge in [0, 0.05) is 6.54 Å². The van der Waals surface area contributed by atoms with Gasteiger partial charge in [-0.05, 0) is 55.0 Å². The fourth-order valence-electron chi connectivity index (χ4n) is 3.15. The molecule has 0 saturated carbocycles. The van der Waals surface area contributed by atoms with Gasteiger partial charge < -0.3 is 14.8 Å². The SMILES string of the molecule is CCN(CC(=O)Nc1ccccc1Oc1ccccc1)S(=O)(=O)c1ccc(OC)c(C)c1. The Morgan fingerprint density at radius 3 is 2.31 bits per heavy atom. The molecule has 0 fully saturated rings. The van der Waals surface area contributed by atoms with Crippen molar-refractivity contribution in [3.05, 3.63) is 78.4 Å². The van der Waals surface area contributed by atoms with Gasteiger partial charge in [0.2, 0.25) is 15.9 Å². The summed E-state index contributed by atoms with van der Waals surface area (Å²) in [5.41, 5.74) is 1.15. The Morgan fingerprint density at radius 1 is 0.969 bits per heavy atom. The summed E-state index contributed by atoms with van der Waals surface area (Å²) in [6.45, 7) is 3.27. The number of benzene rings is 3. The van der Waals surface area contributed by atoms with Crippen LogP contribution < -0.4 is 14.8 Å². The van der Waals surface area contributed by atoms with Crippen LogP contribution >= 0.6 is 0 Å². The Kier molecular flexibility index (Phi) is 7.50. The van der Waals surface area contributed by atoms with Crippen LogP contribution in [0.15, 0.2) is 77.7 Å². The third-order valence-electron chi connectivity index (χ3n) is 4.81. The molecule has 0 aliphatic heterocycles. The van der Waals surface area contributed by atoms with Crippen LogP contribution in [0.3, 0.4) is 0 Å². The molecule has 0 atom stereocenters. The number of sulfonamides is 1. The molecule has 3 rings (SSSR count). The molecule has 0 radical (unpaired) electrons. The molecule has 7 nitrogen and oxygen atoms in total. The van der Waals surface area contributed by atoms with Gasteiger partial charge in [-0.15, -0.1) is 0 Å². The van der Waals surface area contributed by atoms with Crippen molar-refractivity contribution in [3.63, 3.8) is 0 Å². The fourth-order valence-corrected chi connectivity index (χ4v) is 4.64. The predicted octanol–water partition coefficient (Wildman–Crippen LogP) is 4.45. The lowest BCUT2D eigenvalue weighted by Gasteiger charge is -2.21. The van der Waals surface area contributed by atoms with Gasteiger partial charge >= 0.3 is 0 Å². The first-order valence-electron chi connectivity index (χ1n) is 10.1. The van der Waals surface area contributed by atoms with Crippen LogP contribution in [0.5, 0.6) is 17.2 Å². The van der Waals surface area contributed by atoms with Gasteiger partial charge in [-0.1, -0.05) is 37.3 Å². The number of likely N-dealkylation sites (N-methyl/N-ethyl adjacent to an activating group) is 1. The number of para-hydroxylation sites is 3. The van der Waals surface area contributed by atoms with Crippen LogP contribution in [0, 0.1) is 6.92 Å². The summed E-state index contributed by atoms with van der Waals surface area (Å²) >= 11 is 0. The molecule has 0 aromatic heterocycles. The highest BCUT2D eigenvalue weighted by molar-refractivity contribution is 7.89. The number of anilines is 1. The number of carbonyl (C=O) groups is 1. The van der Waals surface area contributed by atoms with Crippen molar-refractivity contribution in [1.82, 2.24) is 4.31 Å². The maximum atomic E-state index is 13.1. The van der Waals surface area contributed by atoms with Crippen molar-refractivity contribution in [2.24, 2.45) is 0 Å². The third kappa shape index (κ3) is 5.46. The first kappa shape index (κ1) is 23.3. The van der Waals surface area contributed by atoms with E-state index in [1.165, 1.54) is 19.2 Å². The van der Waals surface area contributed by atoms with Gasteiger partial charge in [-0.2, -0.15) is 4.31 Å². The standard InChI is InChI=1S/C24H26N2O5S/c1-4-26(32(28,29)20-14-15-22(30-3)18(2)16-20)17-24(27)25-21-12-8-9-13-23(21)31-19-10-6-5-7-11-19/h5-16H,4,17H2,1-3H3,(H,25,27). The number of hydrogen-bond donors (Lipinski definition) is 1. The number of methoxy groups -OCH3 is 1. The summed E-state index contributed by atoms with van der Waals surface area (Å²) in [4.78, 5) is 12.8. The molecule has 1 amide bonds. The first-order chi connectivity index (χ1) is 15.3. The van der Waals surface area contributed by atoms with E-state index >= 15 is 0 Å². The Hall–Kier alpha value is -3.36. The van der Waals surface area contributed by atoms with Crippen LogP contribution in [0.2, 0.25) is 0 Å². The maximum absolute atomic E-state index is 13.1. The summed E-state index contributed by atoms with van der Waals surface area (Å²) in [5, 5.41) is 2.76. The van der Waals surface area contributed by atoms with E-state index in [9.17, 15) is 13.2 Å². The number of hydrogen-bond acceptors (Lipinski definition) is 5. The zero-order valence-corrected chi connectivity index (χ0v) is 19.1. The smallest absolute Gasteiger partial charge is 0.243 e. The number of nitrogens with one attached hydrogen (secondary N) is 1. The minimum atomic E-state index is -3.86. The highest BCUT2D eigenvalue weighted by Gasteiger charge is 2.26. The average Bonchev–Trinajstić information content (AvgIpc) is 2.79. The van der Waals surface area contributed by atoms with Gasteiger partial charge in [0.1, 0.15) is 11.5 Å². The predicted molar refractivity (Wildman–Crippen MR) is 124 cm³/mol. The van der Waals surface area contributed by atoms with E-state index in [0.717, 1.165) is 4.31 Å². The van der Waals surface area contributed by atoms with Crippen LogP contribution in [-0.4, -0.2) is 38.8 Å². The highest BCUT2D eigenvalue weighted by Crippen LogP contribution is 2.29. The second kappa shape index (κ2) is 10.3. The number of amides is 1. The van der Waals surface area contributed by atoms with Crippen LogP contribution in [0.1, 0.15) is 12.5 Å². The monoisotopic (exact) mass is 454 g/mol. The zero-order valence-electron chi connectivity index (χ0n) is 18.2. The lowest BCUT2D eigenvalue weighted by molar-refractivity contribution is -0.116. The van der Waals surface area contributed by atoms with Crippen molar-refractivity contribution in [1.29, 1.82) is 0 Å². The number of nitrogens with zero attached hydrogens (tertiary/aromatic N) is 1. The Bertz CT molecular complexity index is 1180. The second-order valence-corrected chi connectivity index (χ2v) is 8.96. The molecule has 0 aliphatic rings. The molecule has 3 aromatic rings. The molecule has 8 heteroatoms. The lowest BCUT2D eigenvalue weighted by Crippen LogP contribution is -2.37. The van der Waals surface area contributed by atoms with Crippen molar-refractivity contribution < 1.29 is 22.7 Å². The Balaban J connectivity index is 1.75. The van der Waals surface area contributed by atoms with E-state index in [1.54, 1.807) is 56.3 Å². The fraction of sp³-hybridized carbons (Fsp3) is 0.208. The maximum Gasteiger partial charge on any atom is 0.243 e. The molecule has 0 unspecified atom stereocenters. The molecule has 0 bridgehead atoms. The summed E-state index contributed by atoms with van der Waals surface area (Å²) in [5.74, 6) is 1.22. The molecule has 0 spiro atoms. The van der Waals surface area contributed by atoms with Gasteiger partial charge in [0.25, 0.3) is 0 Å². The molecule has 1 N–H and O–H groups in total. The highest BCUT2D eigenvalue weighted by atomic mass is 32.2. The number of aryl methyl sites for hydroxylation is 1. The topological polar surface area (TPSA) is 84.9 Å². The minimum absolute atomic E-state index is 0.110. The number of ether oxygens (including phenoxy) is 2.